The second-order valence-electron chi connectivity index (χ2n) is 8.78. The Morgan fingerprint density at radius 1 is 0.944 bits per heavy atom. The lowest BCUT2D eigenvalue weighted by molar-refractivity contribution is -0.141. The van der Waals surface area contributed by atoms with Crippen molar-refractivity contribution in [1.82, 2.24) is 25.2 Å². The minimum atomic E-state index is -4.55. The lowest BCUT2D eigenvalue weighted by Gasteiger charge is -2.34. The first-order valence-corrected chi connectivity index (χ1v) is 11.5. The molecule has 0 aliphatic carbocycles. The zero-order chi connectivity index (χ0) is 25.5. The van der Waals surface area contributed by atoms with E-state index in [1.54, 1.807) is 4.90 Å². The number of anilines is 3. The largest absolute Gasteiger partial charge is 0.433 e. The number of halogens is 6. The Labute approximate surface area is 202 Å². The lowest BCUT2D eigenvalue weighted by Crippen LogP contribution is -2.50. The molecule has 0 spiro atoms. The molecule has 1 unspecified atom stereocenters. The number of hydrogen-bond donors (Lipinski definition) is 2. The standard InChI is InChI=1S/C23H23F6N7/c24-22(25,26)16-3-1-8-30-20(16)35-11-6-15-17(7-12-35)33-21(36-9-2-10-36)34-19(15)32-14-4-5-18(31-13-14)23(27,28)29/h1,3-5,8,13,20,30H,2,6-7,9-12H2,(H,32,33,34). The van der Waals surface area contributed by atoms with Crippen molar-refractivity contribution in [2.45, 2.75) is 37.8 Å². The molecule has 0 bridgehead atoms. The summed E-state index contributed by atoms with van der Waals surface area (Å²) in [5.41, 5.74) is 0.0821. The SMILES string of the molecule is FC(F)(F)C1=CC=CNC1N1CCc2nc(N3CCC3)nc(Nc3ccc(C(F)(F)F)nc3)c2CC1. The van der Waals surface area contributed by atoms with Gasteiger partial charge in [0.15, 0.2) is 0 Å². The van der Waals surface area contributed by atoms with Crippen LogP contribution >= 0.6 is 0 Å². The predicted octanol–water partition coefficient (Wildman–Crippen LogP) is 4.18. The van der Waals surface area contributed by atoms with E-state index in [1.165, 1.54) is 18.3 Å². The molecule has 5 heterocycles. The van der Waals surface area contributed by atoms with Gasteiger partial charge in [-0.3, -0.25) is 4.90 Å². The topological polar surface area (TPSA) is 69.2 Å². The molecular formula is C23H23F6N7. The highest BCUT2D eigenvalue weighted by Gasteiger charge is 2.42. The van der Waals surface area contributed by atoms with Gasteiger partial charge < -0.3 is 15.5 Å². The molecule has 0 saturated carbocycles. The molecule has 1 saturated heterocycles. The number of alkyl halides is 6. The van der Waals surface area contributed by atoms with E-state index in [0.717, 1.165) is 43.4 Å². The van der Waals surface area contributed by atoms with Crippen LogP contribution in [0.2, 0.25) is 0 Å². The van der Waals surface area contributed by atoms with Crippen LogP contribution in [0.3, 0.4) is 0 Å². The van der Waals surface area contributed by atoms with E-state index in [0.29, 0.717) is 49.1 Å². The van der Waals surface area contributed by atoms with Crippen molar-refractivity contribution in [2.24, 2.45) is 0 Å². The van der Waals surface area contributed by atoms with Crippen molar-refractivity contribution in [3.05, 3.63) is 59.2 Å². The van der Waals surface area contributed by atoms with Crippen LogP contribution < -0.4 is 15.5 Å². The number of allylic oxidation sites excluding steroid dienone is 2. The third-order valence-electron chi connectivity index (χ3n) is 6.43. The fourth-order valence-corrected chi connectivity index (χ4v) is 4.43. The van der Waals surface area contributed by atoms with Gasteiger partial charge in [0.1, 0.15) is 17.7 Å². The van der Waals surface area contributed by atoms with E-state index in [4.69, 9.17) is 4.98 Å². The molecule has 1 atom stereocenters. The number of aromatic nitrogens is 3. The van der Waals surface area contributed by atoms with Gasteiger partial charge in [-0.1, -0.05) is 0 Å². The number of nitrogens with one attached hydrogen (secondary N) is 2. The fraction of sp³-hybridized carbons (Fsp3) is 0.435. The normalized spacial score (nSPS) is 20.7. The van der Waals surface area contributed by atoms with Gasteiger partial charge in [0.25, 0.3) is 0 Å². The molecule has 1 fully saturated rings. The minimum Gasteiger partial charge on any atom is -0.372 e. The van der Waals surface area contributed by atoms with Gasteiger partial charge in [-0.15, -0.1) is 0 Å². The molecule has 0 amide bonds. The van der Waals surface area contributed by atoms with Crippen LogP contribution in [0, 0.1) is 0 Å². The Bertz CT molecular complexity index is 1170. The average Bonchev–Trinajstić information content (AvgIpc) is 3.00. The minimum absolute atomic E-state index is 0.304. The van der Waals surface area contributed by atoms with Gasteiger partial charge >= 0.3 is 12.4 Å². The maximum atomic E-state index is 13.6. The molecular weight excluding hydrogens is 488 g/mol. The van der Waals surface area contributed by atoms with Crippen molar-refractivity contribution in [3.63, 3.8) is 0 Å². The summed E-state index contributed by atoms with van der Waals surface area (Å²) < 4.78 is 79.6. The first-order valence-electron chi connectivity index (χ1n) is 11.5. The fourth-order valence-electron chi connectivity index (χ4n) is 4.43. The van der Waals surface area contributed by atoms with Crippen molar-refractivity contribution in [1.29, 1.82) is 0 Å². The zero-order valence-electron chi connectivity index (χ0n) is 19.0. The Morgan fingerprint density at radius 2 is 1.72 bits per heavy atom. The van der Waals surface area contributed by atoms with E-state index in [2.05, 4.69) is 20.6 Å². The Hall–Kier alpha value is -3.35. The summed E-state index contributed by atoms with van der Waals surface area (Å²) in [4.78, 5) is 16.5. The molecule has 13 heteroatoms. The molecule has 3 aliphatic heterocycles. The number of dihydropyridines is 1. The molecule has 192 valence electrons. The molecule has 7 nitrogen and oxygen atoms in total. The number of nitrogens with zero attached hydrogens (tertiary/aromatic N) is 5. The highest BCUT2D eigenvalue weighted by Crippen LogP contribution is 2.34. The van der Waals surface area contributed by atoms with Gasteiger partial charge in [0.2, 0.25) is 5.95 Å². The summed E-state index contributed by atoms with van der Waals surface area (Å²) in [6.45, 7) is 2.20. The lowest BCUT2D eigenvalue weighted by atomic mass is 10.1. The smallest absolute Gasteiger partial charge is 0.372 e. The van der Waals surface area contributed by atoms with Gasteiger partial charge in [0, 0.05) is 38.2 Å². The Balaban J connectivity index is 1.42. The molecule has 0 aromatic carbocycles. The number of rotatable bonds is 4. The maximum absolute atomic E-state index is 13.6. The number of fused-ring (bicyclic) bond motifs is 1. The summed E-state index contributed by atoms with van der Waals surface area (Å²) in [7, 11) is 0. The van der Waals surface area contributed by atoms with Crippen LogP contribution in [-0.4, -0.2) is 58.4 Å². The van der Waals surface area contributed by atoms with Crippen LogP contribution in [-0.2, 0) is 19.0 Å². The molecule has 2 N–H and O–H groups in total. The maximum Gasteiger partial charge on any atom is 0.433 e. The van der Waals surface area contributed by atoms with Crippen LogP contribution in [0.5, 0.6) is 0 Å². The molecule has 2 aromatic rings. The molecule has 3 aliphatic rings. The van der Waals surface area contributed by atoms with Crippen molar-refractivity contribution in [3.8, 4) is 0 Å². The summed E-state index contributed by atoms with van der Waals surface area (Å²) in [5.74, 6) is 0.916. The second-order valence-corrected chi connectivity index (χ2v) is 8.78. The van der Waals surface area contributed by atoms with E-state index in [-0.39, 0.29) is 0 Å². The predicted molar refractivity (Wildman–Crippen MR) is 121 cm³/mol. The summed E-state index contributed by atoms with van der Waals surface area (Å²) in [6.07, 6.45) is -3.32. The van der Waals surface area contributed by atoms with Gasteiger partial charge in [-0.25, -0.2) is 9.97 Å². The first-order chi connectivity index (χ1) is 17.1. The summed E-state index contributed by atoms with van der Waals surface area (Å²) >= 11 is 0. The van der Waals surface area contributed by atoms with E-state index < -0.39 is 29.8 Å². The highest BCUT2D eigenvalue weighted by molar-refractivity contribution is 5.62. The third kappa shape index (κ3) is 4.97. The average molecular weight is 511 g/mol. The third-order valence-corrected chi connectivity index (χ3v) is 6.43. The van der Waals surface area contributed by atoms with E-state index in [1.807, 2.05) is 4.90 Å². The van der Waals surface area contributed by atoms with Crippen molar-refractivity contribution in [2.75, 3.05) is 36.4 Å². The molecule has 5 rings (SSSR count). The van der Waals surface area contributed by atoms with Crippen LogP contribution in [0.15, 0.2) is 42.3 Å². The molecule has 36 heavy (non-hydrogen) atoms. The van der Waals surface area contributed by atoms with Crippen LogP contribution in [0.4, 0.5) is 43.8 Å². The summed E-state index contributed by atoms with van der Waals surface area (Å²) in [5, 5.41) is 5.88. The Kier molecular flexibility index (Phi) is 6.27. The van der Waals surface area contributed by atoms with Gasteiger partial charge in [0.05, 0.1) is 23.2 Å². The van der Waals surface area contributed by atoms with Crippen molar-refractivity contribution < 1.29 is 26.3 Å². The first kappa shape index (κ1) is 24.3. The van der Waals surface area contributed by atoms with Crippen LogP contribution in [0.25, 0.3) is 0 Å². The number of pyridine rings is 1. The van der Waals surface area contributed by atoms with Crippen LogP contribution in [0.1, 0.15) is 23.4 Å². The van der Waals surface area contributed by atoms with Gasteiger partial charge in [-0.2, -0.15) is 31.3 Å². The van der Waals surface area contributed by atoms with Gasteiger partial charge in [-0.05, 0) is 43.3 Å². The number of hydrogen-bond acceptors (Lipinski definition) is 7. The Morgan fingerprint density at radius 3 is 2.36 bits per heavy atom. The second kappa shape index (κ2) is 9.26. The summed E-state index contributed by atoms with van der Waals surface area (Å²) in [6, 6.07) is 2.16. The highest BCUT2D eigenvalue weighted by atomic mass is 19.4. The van der Waals surface area contributed by atoms with Crippen molar-refractivity contribution >= 4 is 17.5 Å². The molecule has 0 radical (unpaired) electrons. The molecule has 2 aromatic heterocycles. The monoisotopic (exact) mass is 511 g/mol. The van der Waals surface area contributed by atoms with E-state index >= 15 is 0 Å². The zero-order valence-corrected chi connectivity index (χ0v) is 19.0. The van der Waals surface area contributed by atoms with E-state index in [9.17, 15) is 26.3 Å². The quantitative estimate of drug-likeness (QED) is 0.597.